The molecule has 3 heterocycles. The summed E-state index contributed by atoms with van der Waals surface area (Å²) in [6.45, 7) is 15.7. The van der Waals surface area contributed by atoms with E-state index >= 15 is 4.39 Å². The highest BCUT2D eigenvalue weighted by molar-refractivity contribution is 5.83. The molecule has 1 aliphatic rings. The molecule has 0 atom stereocenters. The van der Waals surface area contributed by atoms with Gasteiger partial charge in [-0.2, -0.15) is 4.91 Å². The van der Waals surface area contributed by atoms with Crippen LogP contribution in [0.5, 0.6) is 11.6 Å². The van der Waals surface area contributed by atoms with Crippen molar-refractivity contribution in [2.75, 3.05) is 49.5 Å². The molecule has 0 bridgehead atoms. The third-order valence-electron chi connectivity index (χ3n) is 6.53. The maximum absolute atomic E-state index is 15.0. The van der Waals surface area contributed by atoms with Crippen LogP contribution in [-0.4, -0.2) is 54.2 Å². The standard InChI is InChI=1S/C24H23F2N7O2.C5H13N.C2H6/c1-14-10-17-21(26)20(11-19(25)22(17)31-14)35-24-18(12-30-34)23(28-13-29-24)32-15-2-4-16(5-3-15)33-8-6-27-7-9-33;1-3-5-6-4-2;1-2/h2-5,10-11,13,27,31H,6-9,12H2,1H3,(H,28,29,32);6H,3-5H2,1-2H3;1-2H3. The molecule has 0 saturated carbocycles. The number of nitrogens with zero attached hydrogens (tertiary/aromatic N) is 4. The first kappa shape index (κ1) is 33.3. The number of ether oxygens (including phenoxy) is 1. The number of halogens is 2. The lowest BCUT2D eigenvalue weighted by molar-refractivity contribution is 0.421. The Morgan fingerprint density at radius 1 is 1.07 bits per heavy atom. The lowest BCUT2D eigenvalue weighted by atomic mass is 10.2. The van der Waals surface area contributed by atoms with Crippen LogP contribution in [0.2, 0.25) is 0 Å². The maximum atomic E-state index is 15.0. The average molecular weight is 597 g/mol. The Morgan fingerprint density at radius 3 is 2.42 bits per heavy atom. The van der Waals surface area contributed by atoms with Crippen LogP contribution < -0.4 is 25.6 Å². The minimum Gasteiger partial charge on any atom is -0.435 e. The van der Waals surface area contributed by atoms with E-state index in [0.717, 1.165) is 56.7 Å². The number of rotatable bonds is 10. The monoisotopic (exact) mass is 596 g/mol. The molecule has 232 valence electrons. The number of nitrogens with one attached hydrogen (secondary N) is 4. The summed E-state index contributed by atoms with van der Waals surface area (Å²) in [5.41, 5.74) is 2.71. The molecule has 0 amide bonds. The van der Waals surface area contributed by atoms with Gasteiger partial charge in [0.15, 0.2) is 17.4 Å². The summed E-state index contributed by atoms with van der Waals surface area (Å²) < 4.78 is 35.2. The van der Waals surface area contributed by atoms with E-state index in [0.29, 0.717) is 5.69 Å². The molecule has 4 N–H and O–H groups in total. The second-order valence-corrected chi connectivity index (χ2v) is 9.57. The first-order valence-electron chi connectivity index (χ1n) is 14.8. The topological polar surface area (TPSA) is 120 Å². The van der Waals surface area contributed by atoms with Crippen molar-refractivity contribution in [2.45, 2.75) is 47.6 Å². The molecular formula is C31H42F2N8O2. The van der Waals surface area contributed by atoms with E-state index in [9.17, 15) is 9.30 Å². The van der Waals surface area contributed by atoms with E-state index in [1.807, 2.05) is 38.1 Å². The number of benzene rings is 2. The summed E-state index contributed by atoms with van der Waals surface area (Å²) in [5, 5.41) is 12.7. The lowest BCUT2D eigenvalue weighted by Gasteiger charge is -2.29. The Kier molecular flexibility index (Phi) is 13.2. The Hall–Kier alpha value is -4.16. The number of piperazine rings is 1. The molecule has 0 unspecified atom stereocenters. The normalized spacial score (nSPS) is 12.6. The van der Waals surface area contributed by atoms with Crippen molar-refractivity contribution in [3.63, 3.8) is 0 Å². The molecule has 1 aliphatic heterocycles. The molecule has 10 nitrogen and oxygen atoms in total. The fourth-order valence-corrected chi connectivity index (χ4v) is 4.48. The molecule has 5 rings (SSSR count). The van der Waals surface area contributed by atoms with Crippen LogP contribution >= 0.6 is 0 Å². The molecule has 0 spiro atoms. The van der Waals surface area contributed by atoms with Gasteiger partial charge in [0, 0.05) is 54.7 Å². The van der Waals surface area contributed by atoms with Crippen molar-refractivity contribution in [3.05, 3.63) is 70.5 Å². The number of hydrogen-bond acceptors (Lipinski definition) is 9. The maximum Gasteiger partial charge on any atom is 0.229 e. The van der Waals surface area contributed by atoms with Crippen molar-refractivity contribution in [3.8, 4) is 11.6 Å². The fourth-order valence-electron chi connectivity index (χ4n) is 4.48. The number of aromatic amines is 1. The Bertz CT molecular complexity index is 1440. The molecule has 12 heteroatoms. The molecule has 0 radical (unpaired) electrons. The van der Waals surface area contributed by atoms with Gasteiger partial charge in [0.05, 0.1) is 11.1 Å². The van der Waals surface area contributed by atoms with Crippen LogP contribution in [-0.2, 0) is 6.54 Å². The summed E-state index contributed by atoms with van der Waals surface area (Å²) >= 11 is 0. The molecule has 2 aromatic heterocycles. The Labute approximate surface area is 251 Å². The van der Waals surface area contributed by atoms with Gasteiger partial charge in [0.1, 0.15) is 18.7 Å². The van der Waals surface area contributed by atoms with Gasteiger partial charge in [-0.15, -0.1) is 0 Å². The van der Waals surface area contributed by atoms with Crippen molar-refractivity contribution in [2.24, 2.45) is 5.18 Å². The molecular weight excluding hydrogens is 554 g/mol. The highest BCUT2D eigenvalue weighted by atomic mass is 19.1. The zero-order chi connectivity index (χ0) is 31.2. The van der Waals surface area contributed by atoms with Gasteiger partial charge < -0.3 is 30.6 Å². The molecule has 1 fully saturated rings. The smallest absolute Gasteiger partial charge is 0.229 e. The SMILES string of the molecule is CC.CCCNCC.Cc1cc2c(F)c(Oc3ncnc(Nc4ccc(N5CCNCC5)cc4)c3CN=O)cc(F)c2[nH]1. The molecule has 2 aromatic carbocycles. The molecule has 43 heavy (non-hydrogen) atoms. The molecule has 1 saturated heterocycles. The summed E-state index contributed by atoms with van der Waals surface area (Å²) in [4.78, 5) is 24.5. The van der Waals surface area contributed by atoms with E-state index in [1.165, 1.54) is 18.8 Å². The third kappa shape index (κ3) is 8.91. The van der Waals surface area contributed by atoms with Gasteiger partial charge in [-0.1, -0.05) is 32.9 Å². The van der Waals surface area contributed by atoms with Crippen LogP contribution in [0.3, 0.4) is 0 Å². The number of aryl methyl sites for hydroxylation is 1. The summed E-state index contributed by atoms with van der Waals surface area (Å²) in [6, 6.07) is 10.2. The van der Waals surface area contributed by atoms with Crippen LogP contribution in [0.4, 0.5) is 26.0 Å². The minimum absolute atomic E-state index is 0.0523. The Morgan fingerprint density at radius 2 is 1.79 bits per heavy atom. The van der Waals surface area contributed by atoms with Crippen LogP contribution in [0.25, 0.3) is 10.9 Å². The van der Waals surface area contributed by atoms with Crippen LogP contribution in [0, 0.1) is 23.5 Å². The Balaban J connectivity index is 0.000000566. The van der Waals surface area contributed by atoms with Crippen molar-refractivity contribution in [1.82, 2.24) is 25.6 Å². The zero-order valence-electron chi connectivity index (χ0n) is 25.6. The van der Waals surface area contributed by atoms with E-state index in [-0.39, 0.29) is 40.5 Å². The number of aromatic nitrogens is 3. The van der Waals surface area contributed by atoms with Crippen LogP contribution in [0.15, 0.2) is 47.9 Å². The predicted molar refractivity (Wildman–Crippen MR) is 170 cm³/mol. The van der Waals surface area contributed by atoms with Gasteiger partial charge >= 0.3 is 0 Å². The fraction of sp³-hybridized carbons (Fsp3) is 0.419. The second kappa shape index (κ2) is 17.1. The van der Waals surface area contributed by atoms with Crippen LogP contribution in [0.1, 0.15) is 45.4 Å². The first-order chi connectivity index (χ1) is 20.9. The second-order valence-electron chi connectivity index (χ2n) is 9.57. The lowest BCUT2D eigenvalue weighted by Crippen LogP contribution is -2.43. The number of fused-ring (bicyclic) bond motifs is 1. The summed E-state index contributed by atoms with van der Waals surface area (Å²) in [6.07, 6.45) is 2.46. The number of nitroso groups, excluding NO2 is 1. The highest BCUT2D eigenvalue weighted by Gasteiger charge is 2.20. The highest BCUT2D eigenvalue weighted by Crippen LogP contribution is 2.35. The minimum atomic E-state index is -0.743. The van der Waals surface area contributed by atoms with Gasteiger partial charge in [-0.3, -0.25) is 0 Å². The van der Waals surface area contributed by atoms with E-state index in [4.69, 9.17) is 4.74 Å². The third-order valence-corrected chi connectivity index (χ3v) is 6.53. The number of H-pyrrole nitrogens is 1. The van der Waals surface area contributed by atoms with Gasteiger partial charge in [0.25, 0.3) is 0 Å². The van der Waals surface area contributed by atoms with Crippen molar-refractivity contribution < 1.29 is 13.5 Å². The van der Waals surface area contributed by atoms with Gasteiger partial charge in [-0.05, 0) is 56.8 Å². The predicted octanol–water partition coefficient (Wildman–Crippen LogP) is 6.79. The van der Waals surface area contributed by atoms with Gasteiger partial charge in [-0.25, -0.2) is 18.7 Å². The van der Waals surface area contributed by atoms with E-state index in [1.54, 1.807) is 6.92 Å². The van der Waals surface area contributed by atoms with E-state index in [2.05, 4.69) is 54.8 Å². The van der Waals surface area contributed by atoms with Crippen molar-refractivity contribution >= 4 is 28.1 Å². The summed E-state index contributed by atoms with van der Waals surface area (Å²) in [5.74, 6) is -1.58. The first-order valence-corrected chi connectivity index (χ1v) is 14.8. The van der Waals surface area contributed by atoms with Crippen molar-refractivity contribution in [1.29, 1.82) is 0 Å². The number of hydrogen-bond donors (Lipinski definition) is 4. The van der Waals surface area contributed by atoms with Gasteiger partial charge in [0.2, 0.25) is 5.88 Å². The average Bonchev–Trinajstić information content (AvgIpc) is 3.45. The number of anilines is 3. The quantitative estimate of drug-likeness (QED) is 0.117. The molecule has 0 aliphatic carbocycles. The molecule has 4 aromatic rings. The largest absolute Gasteiger partial charge is 0.435 e. The zero-order valence-corrected chi connectivity index (χ0v) is 25.6. The van der Waals surface area contributed by atoms with E-state index < -0.39 is 11.6 Å². The summed E-state index contributed by atoms with van der Waals surface area (Å²) in [7, 11) is 0.